The van der Waals surface area contributed by atoms with Gasteiger partial charge in [0.1, 0.15) is 0 Å². The quantitative estimate of drug-likeness (QED) is 0.568. The van der Waals surface area contributed by atoms with E-state index in [-0.39, 0.29) is 0 Å². The monoisotopic (exact) mass is 152 g/mol. The van der Waals surface area contributed by atoms with Crippen LogP contribution in [0.4, 0.5) is 0 Å². The van der Waals surface area contributed by atoms with Crippen LogP contribution in [0, 0.1) is 23.2 Å². The Bertz CT molecular complexity index is 149. The molecule has 2 rings (SSSR count). The average Bonchev–Trinajstić information content (AvgIpc) is 1.95. The molecule has 0 aromatic rings. The summed E-state index contributed by atoms with van der Waals surface area (Å²) >= 11 is 0. The molecule has 64 valence electrons. The molecule has 11 heavy (non-hydrogen) atoms. The highest BCUT2D eigenvalue weighted by molar-refractivity contribution is 5.06. The van der Waals surface area contributed by atoms with E-state index >= 15 is 0 Å². The first-order valence-corrected chi connectivity index (χ1v) is 5.17. The minimum atomic E-state index is 0.841. The molecule has 0 saturated heterocycles. The second-order valence-corrected chi connectivity index (χ2v) is 5.04. The number of fused-ring (bicyclic) bond motifs is 1. The molecule has 0 N–H and O–H groups in total. The summed E-state index contributed by atoms with van der Waals surface area (Å²) in [7, 11) is 0. The maximum absolute atomic E-state index is 2.47. The molecule has 0 nitrogen and oxygen atoms in total. The second kappa shape index (κ2) is 2.24. The number of rotatable bonds is 2. The molecule has 0 radical (unpaired) electrons. The van der Waals surface area contributed by atoms with Crippen LogP contribution >= 0.6 is 0 Å². The van der Waals surface area contributed by atoms with Crippen molar-refractivity contribution < 1.29 is 0 Å². The summed E-state index contributed by atoms with van der Waals surface area (Å²) in [5.41, 5.74) is 0.841. The maximum atomic E-state index is 2.47. The van der Waals surface area contributed by atoms with E-state index in [2.05, 4.69) is 20.8 Å². The molecule has 0 spiro atoms. The summed E-state index contributed by atoms with van der Waals surface area (Å²) in [5.74, 6) is 3.02. The van der Waals surface area contributed by atoms with Gasteiger partial charge in [0.05, 0.1) is 0 Å². The first-order valence-electron chi connectivity index (χ1n) is 5.17. The number of hydrogen-bond donors (Lipinski definition) is 0. The lowest BCUT2D eigenvalue weighted by molar-refractivity contribution is -0.130. The highest BCUT2D eigenvalue weighted by atomic mass is 14.6. The highest BCUT2D eigenvalue weighted by Gasteiger charge is 2.56. The third-order valence-electron chi connectivity index (χ3n) is 4.64. The van der Waals surface area contributed by atoms with Crippen LogP contribution in [0.3, 0.4) is 0 Å². The Balaban J connectivity index is 2.03. The van der Waals surface area contributed by atoms with Gasteiger partial charge >= 0.3 is 0 Å². The van der Waals surface area contributed by atoms with Crippen LogP contribution in [0.2, 0.25) is 0 Å². The van der Waals surface area contributed by atoms with Crippen molar-refractivity contribution in [1.29, 1.82) is 0 Å². The van der Waals surface area contributed by atoms with Crippen LogP contribution in [0.5, 0.6) is 0 Å². The largest absolute Gasteiger partial charge is 0.0625 e. The van der Waals surface area contributed by atoms with E-state index in [1.165, 1.54) is 25.7 Å². The fraction of sp³-hybridized carbons (Fsp3) is 1.00. The van der Waals surface area contributed by atoms with E-state index in [1.54, 1.807) is 0 Å². The Morgan fingerprint density at radius 2 is 1.64 bits per heavy atom. The summed E-state index contributed by atoms with van der Waals surface area (Å²) in [5, 5.41) is 0. The normalized spacial score (nSPS) is 44.2. The molecule has 2 aliphatic carbocycles. The van der Waals surface area contributed by atoms with E-state index in [4.69, 9.17) is 0 Å². The van der Waals surface area contributed by atoms with Gasteiger partial charge in [-0.1, -0.05) is 20.8 Å². The first-order chi connectivity index (χ1) is 5.17. The Hall–Kier alpha value is 0. The molecule has 0 heteroatoms. The summed E-state index contributed by atoms with van der Waals surface area (Å²) in [6, 6.07) is 0. The van der Waals surface area contributed by atoms with Gasteiger partial charge in [-0.15, -0.1) is 0 Å². The predicted molar refractivity (Wildman–Crippen MR) is 48.4 cm³/mol. The van der Waals surface area contributed by atoms with Crippen molar-refractivity contribution in [3.63, 3.8) is 0 Å². The Morgan fingerprint density at radius 1 is 1.09 bits per heavy atom. The van der Waals surface area contributed by atoms with E-state index in [0.717, 1.165) is 23.2 Å². The van der Waals surface area contributed by atoms with Gasteiger partial charge in [-0.2, -0.15) is 0 Å². The number of hydrogen-bond acceptors (Lipinski definition) is 0. The molecule has 0 aromatic heterocycles. The molecular formula is C11H20. The van der Waals surface area contributed by atoms with Gasteiger partial charge in [0.2, 0.25) is 0 Å². The Labute approximate surface area is 70.4 Å². The van der Waals surface area contributed by atoms with Crippen LogP contribution in [0.1, 0.15) is 46.5 Å². The average molecular weight is 152 g/mol. The molecule has 2 fully saturated rings. The van der Waals surface area contributed by atoms with Crippen molar-refractivity contribution in [2.45, 2.75) is 46.5 Å². The second-order valence-electron chi connectivity index (χ2n) is 5.04. The van der Waals surface area contributed by atoms with E-state index in [0.29, 0.717) is 0 Å². The Morgan fingerprint density at radius 3 is 1.73 bits per heavy atom. The minimum absolute atomic E-state index is 0.841. The third-order valence-corrected chi connectivity index (χ3v) is 4.64. The molecule has 0 aliphatic heterocycles. The van der Waals surface area contributed by atoms with Crippen molar-refractivity contribution in [2.24, 2.45) is 23.2 Å². The Kier molecular flexibility index (Phi) is 1.56. The van der Waals surface area contributed by atoms with Crippen LogP contribution < -0.4 is 0 Å². The summed E-state index contributed by atoms with van der Waals surface area (Å²) in [4.78, 5) is 0. The smallest absolute Gasteiger partial charge is 0.0241 e. The first kappa shape index (κ1) is 7.64. The van der Waals surface area contributed by atoms with E-state index in [9.17, 15) is 0 Å². The van der Waals surface area contributed by atoms with Crippen LogP contribution in [-0.2, 0) is 0 Å². The summed E-state index contributed by atoms with van der Waals surface area (Å²) in [6.45, 7) is 7.23. The lowest BCUT2D eigenvalue weighted by Gasteiger charge is -2.63. The van der Waals surface area contributed by atoms with Gasteiger partial charge in [-0.05, 0) is 48.9 Å². The molecule has 0 bridgehead atoms. The molecule has 2 saturated carbocycles. The highest BCUT2D eigenvalue weighted by Crippen LogP contribution is 2.66. The molecule has 0 aromatic carbocycles. The van der Waals surface area contributed by atoms with Crippen molar-refractivity contribution in [1.82, 2.24) is 0 Å². The minimum Gasteiger partial charge on any atom is -0.0625 e. The summed E-state index contributed by atoms with van der Waals surface area (Å²) < 4.78 is 0. The third kappa shape index (κ3) is 0.816. The van der Waals surface area contributed by atoms with E-state index in [1.807, 2.05) is 0 Å². The topological polar surface area (TPSA) is 0 Å². The van der Waals surface area contributed by atoms with Gasteiger partial charge in [0.25, 0.3) is 0 Å². The molecule has 0 amide bonds. The molecular weight excluding hydrogens is 132 g/mol. The molecule has 2 aliphatic rings. The van der Waals surface area contributed by atoms with Gasteiger partial charge in [0.15, 0.2) is 0 Å². The summed E-state index contributed by atoms with van der Waals surface area (Å²) in [6.07, 6.45) is 6.15. The predicted octanol–water partition coefficient (Wildman–Crippen LogP) is 3.47. The zero-order chi connectivity index (χ0) is 8.06. The molecule has 1 atom stereocenters. The zero-order valence-corrected chi connectivity index (χ0v) is 8.06. The van der Waals surface area contributed by atoms with Gasteiger partial charge in [-0.3, -0.25) is 0 Å². The van der Waals surface area contributed by atoms with Crippen LogP contribution in [0.25, 0.3) is 0 Å². The van der Waals surface area contributed by atoms with Crippen molar-refractivity contribution in [3.05, 3.63) is 0 Å². The SMILES string of the molecule is CC(C)C(C)C12CCC1CC2. The van der Waals surface area contributed by atoms with E-state index < -0.39 is 0 Å². The molecule has 1 unspecified atom stereocenters. The van der Waals surface area contributed by atoms with Crippen molar-refractivity contribution in [2.75, 3.05) is 0 Å². The molecule has 0 heterocycles. The fourth-order valence-electron chi connectivity index (χ4n) is 3.20. The van der Waals surface area contributed by atoms with Gasteiger partial charge in [0, 0.05) is 0 Å². The van der Waals surface area contributed by atoms with Crippen LogP contribution in [-0.4, -0.2) is 0 Å². The fourth-order valence-corrected chi connectivity index (χ4v) is 3.20. The lowest BCUT2D eigenvalue weighted by Crippen LogP contribution is -2.54. The van der Waals surface area contributed by atoms with Crippen molar-refractivity contribution >= 4 is 0 Å². The maximum Gasteiger partial charge on any atom is -0.0241 e. The zero-order valence-electron chi connectivity index (χ0n) is 8.06. The van der Waals surface area contributed by atoms with Crippen molar-refractivity contribution in [3.8, 4) is 0 Å². The lowest BCUT2D eigenvalue weighted by atomic mass is 9.42. The van der Waals surface area contributed by atoms with Gasteiger partial charge < -0.3 is 0 Å². The van der Waals surface area contributed by atoms with Gasteiger partial charge in [-0.25, -0.2) is 0 Å². The van der Waals surface area contributed by atoms with Crippen LogP contribution in [0.15, 0.2) is 0 Å². The standard InChI is InChI=1S/C11H20/c1-8(2)9(3)11-6-4-10(11)5-7-11/h8-10H,4-7H2,1-3H3.